The van der Waals surface area contributed by atoms with Crippen LogP contribution in [0.3, 0.4) is 0 Å². The van der Waals surface area contributed by atoms with E-state index >= 15 is 0 Å². The summed E-state index contributed by atoms with van der Waals surface area (Å²) in [6.07, 6.45) is 3.24. The molecule has 1 aliphatic carbocycles. The van der Waals surface area contributed by atoms with E-state index in [0.717, 1.165) is 24.0 Å². The number of aliphatic carboxylic acids is 1. The van der Waals surface area contributed by atoms with Gasteiger partial charge in [-0.2, -0.15) is 0 Å². The Labute approximate surface area is 123 Å². The number of para-hydroxylation sites is 1. The van der Waals surface area contributed by atoms with Crippen molar-refractivity contribution < 1.29 is 19.4 Å². The number of amides is 1. The number of carboxylic acids is 1. The Hall–Kier alpha value is -2.30. The Kier molecular flexibility index (Phi) is 4.62. The summed E-state index contributed by atoms with van der Waals surface area (Å²) in [7, 11) is 1.58. The smallest absolute Gasteiger partial charge is 0.323 e. The van der Waals surface area contributed by atoms with Crippen molar-refractivity contribution in [3.05, 3.63) is 35.9 Å². The van der Waals surface area contributed by atoms with Crippen molar-refractivity contribution in [1.82, 2.24) is 4.90 Å². The van der Waals surface area contributed by atoms with Gasteiger partial charge in [0.1, 0.15) is 12.3 Å². The van der Waals surface area contributed by atoms with Crippen molar-refractivity contribution in [1.29, 1.82) is 0 Å². The number of ether oxygens (including phenoxy) is 1. The molecule has 1 N–H and O–H groups in total. The van der Waals surface area contributed by atoms with Crippen LogP contribution < -0.4 is 4.74 Å². The van der Waals surface area contributed by atoms with E-state index < -0.39 is 5.97 Å². The molecule has 2 rings (SSSR count). The van der Waals surface area contributed by atoms with Gasteiger partial charge in [-0.3, -0.25) is 9.59 Å². The van der Waals surface area contributed by atoms with Crippen molar-refractivity contribution in [2.45, 2.75) is 25.8 Å². The fraction of sp³-hybridized carbons (Fsp3) is 0.375. The first-order valence-electron chi connectivity index (χ1n) is 6.87. The van der Waals surface area contributed by atoms with E-state index in [0.29, 0.717) is 5.75 Å². The average Bonchev–Trinajstić information content (AvgIpc) is 3.28. The van der Waals surface area contributed by atoms with Gasteiger partial charge in [0.25, 0.3) is 0 Å². The topological polar surface area (TPSA) is 66.8 Å². The molecule has 112 valence electrons. The maximum Gasteiger partial charge on any atom is 0.323 e. The second-order valence-corrected chi connectivity index (χ2v) is 5.12. The highest BCUT2D eigenvalue weighted by molar-refractivity contribution is 5.97. The number of hydrogen-bond donors (Lipinski definition) is 1. The number of rotatable bonds is 6. The van der Waals surface area contributed by atoms with E-state index in [2.05, 4.69) is 0 Å². The van der Waals surface area contributed by atoms with Gasteiger partial charge in [0, 0.05) is 17.7 Å². The van der Waals surface area contributed by atoms with E-state index in [9.17, 15) is 9.59 Å². The Morgan fingerprint density at radius 3 is 2.62 bits per heavy atom. The first kappa shape index (κ1) is 15.1. The minimum atomic E-state index is -0.987. The zero-order valence-corrected chi connectivity index (χ0v) is 12.2. The van der Waals surface area contributed by atoms with Gasteiger partial charge >= 0.3 is 5.97 Å². The van der Waals surface area contributed by atoms with Crippen LogP contribution in [0.4, 0.5) is 0 Å². The lowest BCUT2D eigenvalue weighted by Crippen LogP contribution is -2.36. The Morgan fingerprint density at radius 1 is 1.38 bits per heavy atom. The molecule has 1 aromatic rings. The summed E-state index contributed by atoms with van der Waals surface area (Å²) in [6, 6.07) is 7.49. The maximum absolute atomic E-state index is 12.3. The molecule has 21 heavy (non-hydrogen) atoms. The fourth-order valence-electron chi connectivity index (χ4n) is 2.24. The van der Waals surface area contributed by atoms with Crippen LogP contribution in [0, 0.1) is 0 Å². The molecule has 0 aliphatic heterocycles. The maximum atomic E-state index is 12.3. The fourth-order valence-corrected chi connectivity index (χ4v) is 2.24. The Bertz CT molecular complexity index is 575. The molecule has 1 amide bonds. The van der Waals surface area contributed by atoms with Gasteiger partial charge in [-0.05, 0) is 31.4 Å². The number of carbonyl (C=O) groups is 2. The van der Waals surface area contributed by atoms with Gasteiger partial charge in [-0.1, -0.05) is 18.2 Å². The molecule has 0 unspecified atom stereocenters. The standard InChI is InChI=1S/C16H19NO4/c1-11(13-5-3-4-6-14(13)21-2)9-15(18)17(10-16(19)20)12-7-8-12/h3-6,9,12H,7-8,10H2,1-2H3,(H,19,20)/b11-9+. The molecule has 0 bridgehead atoms. The normalized spacial score (nSPS) is 14.7. The average molecular weight is 289 g/mol. The van der Waals surface area contributed by atoms with Crippen molar-refractivity contribution in [3.63, 3.8) is 0 Å². The van der Waals surface area contributed by atoms with E-state index in [1.54, 1.807) is 7.11 Å². The van der Waals surface area contributed by atoms with Crippen LogP contribution in [-0.4, -0.2) is 41.6 Å². The predicted molar refractivity (Wildman–Crippen MR) is 79.0 cm³/mol. The minimum absolute atomic E-state index is 0.0651. The third kappa shape index (κ3) is 3.84. The van der Waals surface area contributed by atoms with Crippen LogP contribution in [-0.2, 0) is 9.59 Å². The van der Waals surface area contributed by atoms with Gasteiger partial charge in [0.2, 0.25) is 5.91 Å². The molecule has 0 spiro atoms. The molecule has 1 fully saturated rings. The predicted octanol–water partition coefficient (Wildman–Crippen LogP) is 2.17. The highest BCUT2D eigenvalue weighted by Gasteiger charge is 2.33. The van der Waals surface area contributed by atoms with E-state index in [1.807, 2.05) is 31.2 Å². The monoisotopic (exact) mass is 289 g/mol. The number of hydrogen-bond acceptors (Lipinski definition) is 3. The van der Waals surface area contributed by atoms with Crippen LogP contribution in [0.1, 0.15) is 25.3 Å². The number of carboxylic acid groups (broad SMARTS) is 1. The highest BCUT2D eigenvalue weighted by Crippen LogP contribution is 2.29. The SMILES string of the molecule is COc1ccccc1/C(C)=C/C(=O)N(CC(=O)O)C1CC1. The first-order chi connectivity index (χ1) is 10.0. The second kappa shape index (κ2) is 6.43. The quantitative estimate of drug-likeness (QED) is 0.815. The summed E-state index contributed by atoms with van der Waals surface area (Å²) in [6.45, 7) is 1.57. The molecule has 0 aromatic heterocycles. The summed E-state index contributed by atoms with van der Waals surface area (Å²) in [4.78, 5) is 24.6. The number of carbonyl (C=O) groups excluding carboxylic acids is 1. The molecule has 1 aromatic carbocycles. The summed E-state index contributed by atoms with van der Waals surface area (Å²) in [5.74, 6) is -0.558. The number of methoxy groups -OCH3 is 1. The van der Waals surface area contributed by atoms with Crippen LogP contribution in [0.25, 0.3) is 5.57 Å². The lowest BCUT2D eigenvalue weighted by Gasteiger charge is -2.19. The summed E-state index contributed by atoms with van der Waals surface area (Å²) >= 11 is 0. The van der Waals surface area contributed by atoms with Crippen LogP contribution >= 0.6 is 0 Å². The van der Waals surface area contributed by atoms with Crippen LogP contribution in [0.15, 0.2) is 30.3 Å². The third-order valence-corrected chi connectivity index (χ3v) is 3.45. The lowest BCUT2D eigenvalue weighted by atomic mass is 10.1. The van der Waals surface area contributed by atoms with Gasteiger partial charge < -0.3 is 14.7 Å². The summed E-state index contributed by atoms with van der Waals surface area (Å²) in [5.41, 5.74) is 1.59. The molecule has 5 nitrogen and oxygen atoms in total. The Balaban J connectivity index is 2.20. The molecular weight excluding hydrogens is 270 g/mol. The summed E-state index contributed by atoms with van der Waals surface area (Å²) < 4.78 is 5.27. The van der Waals surface area contributed by atoms with Crippen molar-refractivity contribution in [2.75, 3.05) is 13.7 Å². The zero-order chi connectivity index (χ0) is 15.4. The molecule has 0 atom stereocenters. The van der Waals surface area contributed by atoms with Crippen molar-refractivity contribution in [3.8, 4) is 5.75 Å². The summed E-state index contributed by atoms with van der Waals surface area (Å²) in [5, 5.41) is 8.91. The lowest BCUT2D eigenvalue weighted by molar-refractivity contribution is -0.143. The number of nitrogens with zero attached hydrogens (tertiary/aromatic N) is 1. The molecule has 0 saturated heterocycles. The van der Waals surface area contributed by atoms with Crippen molar-refractivity contribution in [2.24, 2.45) is 0 Å². The molecular formula is C16H19NO4. The van der Waals surface area contributed by atoms with Gasteiger partial charge in [-0.15, -0.1) is 0 Å². The number of allylic oxidation sites excluding steroid dienone is 1. The molecule has 0 radical (unpaired) electrons. The third-order valence-electron chi connectivity index (χ3n) is 3.45. The van der Waals surface area contributed by atoms with Crippen LogP contribution in [0.5, 0.6) is 5.75 Å². The van der Waals surface area contributed by atoms with Gasteiger partial charge in [0.05, 0.1) is 7.11 Å². The molecule has 5 heteroatoms. The van der Waals surface area contributed by atoms with Gasteiger partial charge in [0.15, 0.2) is 0 Å². The largest absolute Gasteiger partial charge is 0.496 e. The zero-order valence-electron chi connectivity index (χ0n) is 12.2. The first-order valence-corrected chi connectivity index (χ1v) is 6.87. The van der Waals surface area contributed by atoms with E-state index in [1.165, 1.54) is 11.0 Å². The van der Waals surface area contributed by atoms with Crippen LogP contribution in [0.2, 0.25) is 0 Å². The van der Waals surface area contributed by atoms with E-state index in [-0.39, 0.29) is 18.5 Å². The molecule has 1 saturated carbocycles. The van der Waals surface area contributed by atoms with E-state index in [4.69, 9.17) is 9.84 Å². The van der Waals surface area contributed by atoms with Crippen molar-refractivity contribution >= 4 is 17.4 Å². The highest BCUT2D eigenvalue weighted by atomic mass is 16.5. The molecule has 0 heterocycles. The molecule has 1 aliphatic rings. The van der Waals surface area contributed by atoms with Gasteiger partial charge in [-0.25, -0.2) is 0 Å². The Morgan fingerprint density at radius 2 is 2.05 bits per heavy atom. The number of benzene rings is 1. The minimum Gasteiger partial charge on any atom is -0.496 e. The second-order valence-electron chi connectivity index (χ2n) is 5.12.